The third kappa shape index (κ3) is 14.9. The van der Waals surface area contributed by atoms with E-state index in [0.717, 1.165) is 56.1 Å². The van der Waals surface area contributed by atoms with Gasteiger partial charge in [-0.3, -0.25) is 14.4 Å². The molecular weight excluding hydrogens is 526 g/mol. The number of carbonyl (C=O) groups excluding carboxylic acids is 3. The molecule has 224 valence electrons. The Labute approximate surface area is 242 Å². The van der Waals surface area contributed by atoms with Gasteiger partial charge in [-0.1, -0.05) is 63.3 Å². The van der Waals surface area contributed by atoms with Crippen molar-refractivity contribution in [3.8, 4) is 11.5 Å². The zero-order chi connectivity index (χ0) is 29.9. The molecule has 0 saturated heterocycles. The Bertz CT molecular complexity index is 1080. The first kappa shape index (κ1) is 33.3. The number of ether oxygens (including phenoxy) is 2. The molecular formula is C32H43NO8. The first-order chi connectivity index (χ1) is 19.8. The first-order valence-corrected chi connectivity index (χ1v) is 14.5. The predicted molar refractivity (Wildman–Crippen MR) is 155 cm³/mol. The summed E-state index contributed by atoms with van der Waals surface area (Å²) in [5.74, 6) is -1.26. The Kier molecular flexibility index (Phi) is 15.6. The maximum absolute atomic E-state index is 12.7. The topological polar surface area (TPSA) is 139 Å². The van der Waals surface area contributed by atoms with Gasteiger partial charge in [0.15, 0.2) is 0 Å². The average molecular weight is 570 g/mol. The number of phenols is 1. The van der Waals surface area contributed by atoms with Gasteiger partial charge in [-0.2, -0.15) is 0 Å². The molecule has 2 aromatic carbocycles. The van der Waals surface area contributed by atoms with Crippen molar-refractivity contribution >= 4 is 23.8 Å². The number of amides is 1. The van der Waals surface area contributed by atoms with Crippen molar-refractivity contribution in [3.05, 3.63) is 59.7 Å². The molecule has 0 bridgehead atoms. The predicted octanol–water partition coefficient (Wildman–Crippen LogP) is 5.51. The Morgan fingerprint density at radius 1 is 0.780 bits per heavy atom. The summed E-state index contributed by atoms with van der Waals surface area (Å²) in [4.78, 5) is 47.9. The van der Waals surface area contributed by atoms with Gasteiger partial charge in [0.25, 0.3) is 0 Å². The molecule has 1 amide bonds. The smallest absolute Gasteiger partial charge is 0.328 e. The number of nitrogens with one attached hydrogen (secondary N) is 1. The number of carboxylic acid groups (broad SMARTS) is 1. The monoisotopic (exact) mass is 569 g/mol. The summed E-state index contributed by atoms with van der Waals surface area (Å²) in [6.07, 6.45) is 8.16. The van der Waals surface area contributed by atoms with Crippen LogP contribution in [0.1, 0.15) is 88.7 Å². The minimum Gasteiger partial charge on any atom is -0.508 e. The van der Waals surface area contributed by atoms with Gasteiger partial charge in [-0.05, 0) is 61.1 Å². The van der Waals surface area contributed by atoms with Crippen molar-refractivity contribution in [3.63, 3.8) is 0 Å². The zero-order valence-electron chi connectivity index (χ0n) is 23.9. The van der Waals surface area contributed by atoms with Crippen LogP contribution in [0.2, 0.25) is 0 Å². The van der Waals surface area contributed by atoms with Gasteiger partial charge in [-0.15, -0.1) is 0 Å². The van der Waals surface area contributed by atoms with E-state index >= 15 is 0 Å². The molecule has 0 heterocycles. The first-order valence-electron chi connectivity index (χ1n) is 14.5. The second-order valence-electron chi connectivity index (χ2n) is 10.1. The molecule has 2 aromatic rings. The van der Waals surface area contributed by atoms with Crippen LogP contribution in [0, 0.1) is 0 Å². The number of hydrogen-bond acceptors (Lipinski definition) is 7. The number of benzene rings is 2. The van der Waals surface area contributed by atoms with Crippen molar-refractivity contribution < 1.29 is 38.9 Å². The Morgan fingerprint density at radius 3 is 2.02 bits per heavy atom. The molecule has 2 rings (SSSR count). The number of aromatic hydroxyl groups is 1. The van der Waals surface area contributed by atoms with Crippen LogP contribution in [-0.2, 0) is 36.8 Å². The summed E-state index contributed by atoms with van der Waals surface area (Å²) in [5, 5.41) is 20.9. The minimum absolute atomic E-state index is 0.124. The molecule has 9 heteroatoms. The van der Waals surface area contributed by atoms with E-state index in [1.165, 1.54) is 12.1 Å². The normalized spacial score (nSPS) is 11.4. The lowest BCUT2D eigenvalue weighted by molar-refractivity contribution is -0.148. The maximum Gasteiger partial charge on any atom is 0.328 e. The van der Waals surface area contributed by atoms with Gasteiger partial charge < -0.3 is 25.0 Å². The van der Waals surface area contributed by atoms with Crippen LogP contribution in [0.25, 0.3) is 0 Å². The van der Waals surface area contributed by atoms with Crippen molar-refractivity contribution in [1.29, 1.82) is 0 Å². The van der Waals surface area contributed by atoms with Crippen LogP contribution in [-0.4, -0.2) is 46.7 Å². The highest BCUT2D eigenvalue weighted by atomic mass is 16.5. The van der Waals surface area contributed by atoms with E-state index in [4.69, 9.17) is 14.6 Å². The molecule has 0 spiro atoms. The second-order valence-corrected chi connectivity index (χ2v) is 10.1. The molecule has 0 fully saturated rings. The zero-order valence-corrected chi connectivity index (χ0v) is 23.9. The minimum atomic E-state index is -0.831. The molecule has 0 aliphatic rings. The number of rotatable bonds is 20. The molecule has 0 radical (unpaired) electrons. The lowest BCUT2D eigenvalue weighted by Gasteiger charge is -2.18. The van der Waals surface area contributed by atoms with E-state index in [1.54, 1.807) is 36.4 Å². The van der Waals surface area contributed by atoms with Crippen LogP contribution in [0.15, 0.2) is 48.5 Å². The summed E-state index contributed by atoms with van der Waals surface area (Å²) < 4.78 is 10.7. The molecule has 3 N–H and O–H groups in total. The summed E-state index contributed by atoms with van der Waals surface area (Å²) >= 11 is 0. The van der Waals surface area contributed by atoms with Crippen LogP contribution in [0.4, 0.5) is 0 Å². The lowest BCUT2D eigenvalue weighted by atomic mass is 10.0. The highest BCUT2D eigenvalue weighted by Gasteiger charge is 2.23. The Morgan fingerprint density at radius 2 is 1.39 bits per heavy atom. The number of aliphatic carboxylic acids is 1. The van der Waals surface area contributed by atoms with Gasteiger partial charge in [0.05, 0.1) is 6.61 Å². The van der Waals surface area contributed by atoms with Crippen LogP contribution < -0.4 is 10.1 Å². The standard InChI is InChI=1S/C32H43NO8/c1-2-3-22-40-32(39)28(23-25-12-17-26(34)18-13-25)33-29(35)21-16-24-14-19-27(20-15-24)41-31(38)11-9-7-5-4-6-8-10-30(36)37/h12-15,17-20,28,34H,2-11,16,21-23H2,1H3,(H,33,35)(H,36,37)/t28-/m0/s1. The molecule has 0 aliphatic heterocycles. The van der Waals surface area contributed by atoms with Crippen molar-refractivity contribution in [2.75, 3.05) is 6.61 Å². The van der Waals surface area contributed by atoms with E-state index in [-0.39, 0.29) is 36.9 Å². The molecule has 41 heavy (non-hydrogen) atoms. The largest absolute Gasteiger partial charge is 0.508 e. The highest BCUT2D eigenvalue weighted by molar-refractivity contribution is 5.84. The van der Waals surface area contributed by atoms with Crippen LogP contribution >= 0.6 is 0 Å². The summed E-state index contributed by atoms with van der Waals surface area (Å²) in [6, 6.07) is 12.7. The van der Waals surface area contributed by atoms with Gasteiger partial charge >= 0.3 is 17.9 Å². The van der Waals surface area contributed by atoms with Crippen molar-refractivity contribution in [1.82, 2.24) is 5.32 Å². The molecule has 0 saturated carbocycles. The second kappa shape index (κ2) is 19.2. The average Bonchev–Trinajstić information content (AvgIpc) is 2.94. The number of carboxylic acids is 1. The maximum atomic E-state index is 12.7. The Balaban J connectivity index is 1.74. The van der Waals surface area contributed by atoms with Crippen molar-refractivity contribution in [2.45, 2.75) is 96.4 Å². The molecule has 0 unspecified atom stereocenters. The number of unbranched alkanes of at least 4 members (excludes halogenated alkanes) is 6. The number of phenolic OH excluding ortho intramolecular Hbond substituents is 1. The molecule has 9 nitrogen and oxygen atoms in total. The summed E-state index contributed by atoms with van der Waals surface area (Å²) in [7, 11) is 0. The van der Waals surface area contributed by atoms with E-state index in [9.17, 15) is 24.3 Å². The highest BCUT2D eigenvalue weighted by Crippen LogP contribution is 2.16. The quantitative estimate of drug-likeness (QED) is 0.108. The molecule has 0 aliphatic carbocycles. The van der Waals surface area contributed by atoms with Gasteiger partial charge in [0, 0.05) is 25.7 Å². The van der Waals surface area contributed by atoms with E-state index in [0.29, 0.717) is 31.6 Å². The van der Waals surface area contributed by atoms with E-state index in [1.807, 2.05) is 6.92 Å². The van der Waals surface area contributed by atoms with Gasteiger partial charge in [0.2, 0.25) is 5.91 Å². The van der Waals surface area contributed by atoms with Gasteiger partial charge in [-0.25, -0.2) is 4.79 Å². The lowest BCUT2D eigenvalue weighted by Crippen LogP contribution is -2.43. The van der Waals surface area contributed by atoms with Crippen LogP contribution in [0.5, 0.6) is 11.5 Å². The van der Waals surface area contributed by atoms with E-state index in [2.05, 4.69) is 5.32 Å². The molecule has 1 atom stereocenters. The fourth-order valence-corrected chi connectivity index (χ4v) is 4.16. The number of esters is 2. The molecule has 0 aromatic heterocycles. The van der Waals surface area contributed by atoms with E-state index < -0.39 is 18.0 Å². The fraction of sp³-hybridized carbons (Fsp3) is 0.500. The summed E-state index contributed by atoms with van der Waals surface area (Å²) in [5.41, 5.74) is 1.68. The van der Waals surface area contributed by atoms with Crippen molar-refractivity contribution in [2.24, 2.45) is 0 Å². The Hall–Kier alpha value is -3.88. The fourth-order valence-electron chi connectivity index (χ4n) is 4.16. The summed E-state index contributed by atoms with van der Waals surface area (Å²) in [6.45, 7) is 2.30. The number of carbonyl (C=O) groups is 4. The van der Waals surface area contributed by atoms with Crippen LogP contribution in [0.3, 0.4) is 0 Å². The number of hydrogen-bond donors (Lipinski definition) is 3. The third-order valence-corrected chi connectivity index (χ3v) is 6.56. The van der Waals surface area contributed by atoms with Gasteiger partial charge in [0.1, 0.15) is 17.5 Å². The SMILES string of the molecule is CCCCOC(=O)[C@H](Cc1ccc(O)cc1)NC(=O)CCc1ccc(OC(=O)CCCCCCCCC(=O)O)cc1. The third-order valence-electron chi connectivity index (χ3n) is 6.56. The number of aryl methyl sites for hydroxylation is 1.